The van der Waals surface area contributed by atoms with E-state index >= 15 is 0 Å². The second-order valence-electron chi connectivity index (χ2n) is 8.58. The van der Waals surface area contributed by atoms with Gasteiger partial charge in [-0.15, -0.1) is 10.2 Å². The van der Waals surface area contributed by atoms with Crippen molar-refractivity contribution in [1.82, 2.24) is 20.1 Å². The number of amides is 1. The zero-order valence-corrected chi connectivity index (χ0v) is 19.5. The Morgan fingerprint density at radius 1 is 1.12 bits per heavy atom. The van der Waals surface area contributed by atoms with Crippen molar-refractivity contribution in [2.24, 2.45) is 5.73 Å². The SMILES string of the molecule is Cc1nc(CN(C)C(=O)c2ccc(F)c(-c3nnc([C@](C)(N)Cc4ccccc4)o3)c2)c(C)o1. The Morgan fingerprint density at radius 3 is 2.53 bits per heavy atom. The van der Waals surface area contributed by atoms with Crippen molar-refractivity contribution >= 4 is 5.91 Å². The Balaban J connectivity index is 1.56. The lowest BCUT2D eigenvalue weighted by atomic mass is 9.94. The summed E-state index contributed by atoms with van der Waals surface area (Å²) in [4.78, 5) is 18.8. The minimum Gasteiger partial charge on any atom is -0.446 e. The smallest absolute Gasteiger partial charge is 0.253 e. The topological polar surface area (TPSA) is 111 Å². The summed E-state index contributed by atoms with van der Waals surface area (Å²) in [5.74, 6) is 0.418. The highest BCUT2D eigenvalue weighted by Crippen LogP contribution is 2.28. The van der Waals surface area contributed by atoms with Crippen molar-refractivity contribution < 1.29 is 18.0 Å². The van der Waals surface area contributed by atoms with Gasteiger partial charge in [-0.25, -0.2) is 9.37 Å². The van der Waals surface area contributed by atoms with Crippen LogP contribution in [-0.4, -0.2) is 33.0 Å². The molecule has 0 spiro atoms. The van der Waals surface area contributed by atoms with Gasteiger partial charge in [0.25, 0.3) is 11.8 Å². The van der Waals surface area contributed by atoms with Gasteiger partial charge in [0.15, 0.2) is 5.89 Å². The summed E-state index contributed by atoms with van der Waals surface area (Å²) < 4.78 is 25.9. The molecular formula is C25H26FN5O3. The third-order valence-electron chi connectivity index (χ3n) is 5.50. The molecule has 0 saturated carbocycles. The van der Waals surface area contributed by atoms with E-state index in [1.54, 1.807) is 27.8 Å². The average Bonchev–Trinajstić information content (AvgIpc) is 3.41. The molecule has 0 radical (unpaired) electrons. The maximum absolute atomic E-state index is 14.7. The van der Waals surface area contributed by atoms with Gasteiger partial charge in [-0.1, -0.05) is 30.3 Å². The molecule has 0 bridgehead atoms. The van der Waals surface area contributed by atoms with E-state index in [4.69, 9.17) is 14.6 Å². The molecule has 2 N–H and O–H groups in total. The fourth-order valence-corrected chi connectivity index (χ4v) is 3.72. The molecule has 4 rings (SSSR count). The van der Waals surface area contributed by atoms with E-state index in [9.17, 15) is 9.18 Å². The zero-order valence-electron chi connectivity index (χ0n) is 19.5. The van der Waals surface area contributed by atoms with Crippen molar-refractivity contribution in [2.45, 2.75) is 39.3 Å². The fourth-order valence-electron chi connectivity index (χ4n) is 3.72. The summed E-state index contributed by atoms with van der Waals surface area (Å²) in [6.45, 7) is 5.57. The third-order valence-corrected chi connectivity index (χ3v) is 5.50. The number of nitrogens with zero attached hydrogens (tertiary/aromatic N) is 4. The number of aromatic nitrogens is 3. The lowest BCUT2D eigenvalue weighted by molar-refractivity contribution is 0.0783. The van der Waals surface area contributed by atoms with Gasteiger partial charge in [0.05, 0.1) is 17.6 Å². The minimum atomic E-state index is -0.954. The Labute approximate surface area is 196 Å². The fraction of sp³-hybridized carbons (Fsp3) is 0.280. The standard InChI is InChI=1S/C25H26FN5O3/c1-15-21(28-16(2)33-15)14-31(4)23(32)18-10-11-20(26)19(12-18)22-29-30-24(34-22)25(3,27)13-17-8-6-5-7-9-17/h5-12H,13-14,27H2,1-4H3/t25-/m1/s1. The van der Waals surface area contributed by atoms with Crippen LogP contribution >= 0.6 is 0 Å². The predicted octanol–water partition coefficient (Wildman–Crippen LogP) is 4.17. The van der Waals surface area contributed by atoms with Crippen molar-refractivity contribution in [3.05, 3.63) is 88.7 Å². The van der Waals surface area contributed by atoms with Gasteiger partial charge in [0.1, 0.15) is 17.3 Å². The van der Waals surface area contributed by atoms with Crippen LogP contribution in [0, 0.1) is 19.7 Å². The number of benzene rings is 2. The van der Waals surface area contributed by atoms with Crippen LogP contribution in [0.3, 0.4) is 0 Å². The van der Waals surface area contributed by atoms with Crippen molar-refractivity contribution in [3.8, 4) is 11.5 Å². The first-order valence-corrected chi connectivity index (χ1v) is 10.8. The molecular weight excluding hydrogens is 437 g/mol. The molecule has 0 saturated heterocycles. The Morgan fingerprint density at radius 2 is 1.85 bits per heavy atom. The van der Waals surface area contributed by atoms with E-state index in [1.165, 1.54) is 23.1 Å². The van der Waals surface area contributed by atoms with E-state index in [2.05, 4.69) is 15.2 Å². The van der Waals surface area contributed by atoms with Gasteiger partial charge in [0.2, 0.25) is 5.89 Å². The highest BCUT2D eigenvalue weighted by molar-refractivity contribution is 5.95. The number of aryl methyl sites for hydroxylation is 2. The van der Waals surface area contributed by atoms with E-state index in [0.29, 0.717) is 23.8 Å². The van der Waals surface area contributed by atoms with Crippen LogP contribution in [-0.2, 0) is 18.5 Å². The van der Waals surface area contributed by atoms with Crippen LogP contribution < -0.4 is 5.73 Å². The molecule has 0 aliphatic heterocycles. The first kappa shape index (κ1) is 23.3. The molecule has 2 heterocycles. The highest BCUT2D eigenvalue weighted by atomic mass is 19.1. The van der Waals surface area contributed by atoms with Crippen LogP contribution in [0.2, 0.25) is 0 Å². The summed E-state index contributed by atoms with van der Waals surface area (Å²) >= 11 is 0. The predicted molar refractivity (Wildman–Crippen MR) is 123 cm³/mol. The van der Waals surface area contributed by atoms with Gasteiger partial charge in [-0.3, -0.25) is 4.79 Å². The van der Waals surface area contributed by atoms with Crippen LogP contribution in [0.15, 0.2) is 57.4 Å². The molecule has 4 aromatic rings. The van der Waals surface area contributed by atoms with Crippen LogP contribution in [0.4, 0.5) is 4.39 Å². The summed E-state index contributed by atoms with van der Waals surface area (Å²) in [7, 11) is 1.64. The molecule has 0 unspecified atom stereocenters. The van der Waals surface area contributed by atoms with Crippen LogP contribution in [0.25, 0.3) is 11.5 Å². The maximum Gasteiger partial charge on any atom is 0.253 e. The van der Waals surface area contributed by atoms with E-state index < -0.39 is 11.4 Å². The van der Waals surface area contributed by atoms with Gasteiger partial charge >= 0.3 is 0 Å². The molecule has 1 atom stereocenters. The van der Waals surface area contributed by atoms with Gasteiger partial charge in [0, 0.05) is 19.5 Å². The molecule has 2 aromatic heterocycles. The van der Waals surface area contributed by atoms with Crippen LogP contribution in [0.5, 0.6) is 0 Å². The number of hydrogen-bond acceptors (Lipinski definition) is 7. The van der Waals surface area contributed by atoms with Gasteiger partial charge in [-0.2, -0.15) is 0 Å². The molecule has 8 nitrogen and oxygen atoms in total. The lowest BCUT2D eigenvalue weighted by Gasteiger charge is -2.20. The number of carbonyl (C=O) groups is 1. The minimum absolute atomic E-state index is 0.0296. The number of carbonyl (C=O) groups excluding carboxylic acids is 1. The largest absolute Gasteiger partial charge is 0.446 e. The Bertz CT molecular complexity index is 1310. The summed E-state index contributed by atoms with van der Waals surface area (Å²) in [6.07, 6.45) is 0.461. The normalized spacial score (nSPS) is 13.0. The maximum atomic E-state index is 14.7. The highest BCUT2D eigenvalue weighted by Gasteiger charge is 2.29. The first-order valence-electron chi connectivity index (χ1n) is 10.8. The van der Waals surface area contributed by atoms with Gasteiger partial charge in [-0.05, 0) is 44.0 Å². The molecule has 0 fully saturated rings. The molecule has 9 heteroatoms. The van der Waals surface area contributed by atoms with E-state index in [0.717, 1.165) is 5.56 Å². The molecule has 0 aliphatic carbocycles. The molecule has 34 heavy (non-hydrogen) atoms. The molecule has 2 aromatic carbocycles. The monoisotopic (exact) mass is 463 g/mol. The molecule has 0 aliphatic rings. The number of hydrogen-bond donors (Lipinski definition) is 1. The van der Waals surface area contributed by atoms with Crippen LogP contribution in [0.1, 0.15) is 46.1 Å². The van der Waals surface area contributed by atoms with Crippen molar-refractivity contribution in [1.29, 1.82) is 0 Å². The first-order chi connectivity index (χ1) is 16.1. The van der Waals surface area contributed by atoms with E-state index in [-0.39, 0.29) is 35.4 Å². The van der Waals surface area contributed by atoms with Gasteiger partial charge < -0.3 is 19.5 Å². The number of oxazole rings is 1. The average molecular weight is 464 g/mol. The Hall–Kier alpha value is -3.85. The summed E-state index contributed by atoms with van der Waals surface area (Å²) in [6, 6.07) is 13.7. The lowest BCUT2D eigenvalue weighted by Crippen LogP contribution is -2.35. The van der Waals surface area contributed by atoms with Crippen molar-refractivity contribution in [3.63, 3.8) is 0 Å². The number of nitrogens with two attached hydrogens (primary N) is 1. The summed E-state index contributed by atoms with van der Waals surface area (Å²) in [5.41, 5.74) is 7.46. The molecule has 1 amide bonds. The Kier molecular flexibility index (Phi) is 6.30. The number of rotatable bonds is 7. The second kappa shape index (κ2) is 9.18. The number of halogens is 1. The zero-order chi connectivity index (χ0) is 24.5. The third kappa shape index (κ3) is 4.89. The summed E-state index contributed by atoms with van der Waals surface area (Å²) in [5, 5.41) is 8.06. The van der Waals surface area contributed by atoms with E-state index in [1.807, 2.05) is 30.3 Å². The second-order valence-corrected chi connectivity index (χ2v) is 8.58. The quantitative estimate of drug-likeness (QED) is 0.438. The molecule has 176 valence electrons. The van der Waals surface area contributed by atoms with Crippen molar-refractivity contribution in [2.75, 3.05) is 7.05 Å².